The smallest absolute Gasteiger partial charge is 0.414 e. The van der Waals surface area contributed by atoms with E-state index in [-0.39, 0.29) is 33.9 Å². The zero-order valence-corrected chi connectivity index (χ0v) is 13.6. The number of nitrogens with one attached hydrogen (secondary N) is 1. The number of phenolic OH excluding ortho intramolecular Hbond substituents is 1. The largest absolute Gasteiger partial charge is 0.506 e. The number of imidazole rings is 1. The molecule has 0 radical (unpaired) electrons. The summed E-state index contributed by atoms with van der Waals surface area (Å²) in [4.78, 5) is 12.2. The van der Waals surface area contributed by atoms with E-state index in [1.165, 1.54) is 24.3 Å². The number of phenols is 1. The summed E-state index contributed by atoms with van der Waals surface area (Å²) in [5.74, 6) is -0.529. The van der Waals surface area contributed by atoms with Crippen molar-refractivity contribution < 1.29 is 18.1 Å². The van der Waals surface area contributed by atoms with Gasteiger partial charge in [0.1, 0.15) is 11.4 Å². The van der Waals surface area contributed by atoms with Gasteiger partial charge in [-0.1, -0.05) is 35.4 Å². The van der Waals surface area contributed by atoms with Crippen molar-refractivity contribution >= 4 is 44.2 Å². The van der Waals surface area contributed by atoms with Crippen molar-refractivity contribution in [3.63, 3.8) is 0 Å². The quantitative estimate of drug-likeness (QED) is 0.364. The summed E-state index contributed by atoms with van der Waals surface area (Å²) < 4.78 is 31.6. The Kier molecular flexibility index (Phi) is 4.10. The second-order valence-corrected chi connectivity index (χ2v) is 6.37. The molecule has 0 atom stereocenters. The summed E-state index contributed by atoms with van der Waals surface area (Å²) in [5, 5.41) is 18.5. The highest BCUT2D eigenvalue weighted by molar-refractivity contribution is 7.85. The summed E-state index contributed by atoms with van der Waals surface area (Å²) >= 11 is 0. The Morgan fingerprint density at radius 2 is 1.88 bits per heavy atom. The first-order chi connectivity index (χ1) is 12.3. The molecule has 1 heterocycles. The molecule has 3 rings (SSSR count). The highest BCUT2D eigenvalue weighted by Gasteiger charge is 2.15. The number of aromatic nitrogens is 2. The van der Waals surface area contributed by atoms with E-state index in [4.69, 9.17) is 17.7 Å². The van der Waals surface area contributed by atoms with Gasteiger partial charge in [-0.05, 0) is 23.6 Å². The molecule has 128 valence electrons. The monoisotopic (exact) mass is 368 g/mol. The van der Waals surface area contributed by atoms with E-state index in [0.29, 0.717) is 10.8 Å². The fourth-order valence-corrected chi connectivity index (χ4v) is 2.71. The molecule has 3 aromatic rings. The minimum atomic E-state index is -4.37. The third-order valence-electron chi connectivity index (χ3n) is 3.36. The second-order valence-electron chi connectivity index (χ2n) is 4.95. The summed E-state index contributed by atoms with van der Waals surface area (Å²) in [5.41, 5.74) is 0.0366. The van der Waals surface area contributed by atoms with Crippen LogP contribution in [0.5, 0.6) is 5.75 Å². The van der Waals surface area contributed by atoms with Crippen LogP contribution in [0.4, 0.5) is 23.3 Å². The molecular formula is C15H8N6O4S. The molecule has 0 amide bonds. The van der Waals surface area contributed by atoms with Crippen LogP contribution in [0.25, 0.3) is 20.5 Å². The van der Waals surface area contributed by atoms with Crippen LogP contribution in [-0.4, -0.2) is 28.0 Å². The third kappa shape index (κ3) is 3.08. The van der Waals surface area contributed by atoms with Crippen LogP contribution in [-0.2, 0) is 10.1 Å². The van der Waals surface area contributed by atoms with Crippen LogP contribution in [0.3, 0.4) is 0 Å². The van der Waals surface area contributed by atoms with Crippen LogP contribution in [0, 0.1) is 13.1 Å². The number of rotatable bonds is 3. The van der Waals surface area contributed by atoms with Crippen LogP contribution in [0.15, 0.2) is 45.5 Å². The Hall–Kier alpha value is -3.80. The number of hydrogen-bond acceptors (Lipinski definition) is 6. The number of nitrogens with zero attached hydrogens (tertiary/aromatic N) is 5. The zero-order valence-electron chi connectivity index (χ0n) is 12.7. The van der Waals surface area contributed by atoms with Gasteiger partial charge < -0.3 is 14.8 Å². The molecule has 0 saturated carbocycles. The Morgan fingerprint density at radius 1 is 1.12 bits per heavy atom. The molecule has 0 aliphatic heterocycles. The minimum absolute atomic E-state index is 0.0366. The second kappa shape index (κ2) is 6.25. The minimum Gasteiger partial charge on any atom is -0.506 e. The summed E-state index contributed by atoms with van der Waals surface area (Å²) in [6.07, 6.45) is 0. The Balaban J connectivity index is 2.10. The van der Waals surface area contributed by atoms with E-state index in [1.807, 2.05) is 0 Å². The van der Waals surface area contributed by atoms with E-state index >= 15 is 0 Å². The van der Waals surface area contributed by atoms with Crippen molar-refractivity contribution in [3.05, 3.63) is 53.2 Å². The number of fused-ring (bicyclic) bond motifs is 1. The third-order valence-corrected chi connectivity index (χ3v) is 4.21. The van der Waals surface area contributed by atoms with Gasteiger partial charge in [-0.25, -0.2) is 0 Å². The van der Waals surface area contributed by atoms with Crippen molar-refractivity contribution in [1.29, 1.82) is 0 Å². The van der Waals surface area contributed by atoms with Gasteiger partial charge in [-0.2, -0.15) is 8.42 Å². The van der Waals surface area contributed by atoms with Gasteiger partial charge in [0.15, 0.2) is 0 Å². The highest BCUT2D eigenvalue weighted by atomic mass is 32.2. The fourth-order valence-electron chi connectivity index (χ4n) is 2.19. The first kappa shape index (κ1) is 17.0. The number of aromatic amines is 1. The Morgan fingerprint density at radius 3 is 2.50 bits per heavy atom. The number of aromatic hydroxyl groups is 1. The van der Waals surface area contributed by atoms with Crippen LogP contribution < -0.4 is 0 Å². The fraction of sp³-hybridized carbons (Fsp3) is 0. The van der Waals surface area contributed by atoms with Crippen LogP contribution in [0.1, 0.15) is 0 Å². The molecular weight excluding hydrogens is 360 g/mol. The van der Waals surface area contributed by atoms with Gasteiger partial charge in [-0.15, -0.1) is 5.11 Å². The maximum Gasteiger partial charge on any atom is 0.414 e. The van der Waals surface area contributed by atoms with Crippen LogP contribution >= 0.6 is 0 Å². The van der Waals surface area contributed by atoms with Crippen molar-refractivity contribution in [2.24, 2.45) is 10.2 Å². The van der Waals surface area contributed by atoms with E-state index in [9.17, 15) is 13.5 Å². The lowest BCUT2D eigenvalue weighted by Gasteiger charge is -2.05. The van der Waals surface area contributed by atoms with E-state index in [2.05, 4.69) is 29.9 Å². The molecule has 0 unspecified atom stereocenters. The summed E-state index contributed by atoms with van der Waals surface area (Å²) in [6, 6.07) is 6.51. The molecule has 0 aliphatic carbocycles. The molecule has 11 heteroatoms. The van der Waals surface area contributed by atoms with Gasteiger partial charge in [0, 0.05) is 5.39 Å². The predicted molar refractivity (Wildman–Crippen MR) is 90.7 cm³/mol. The standard InChI is InChI=1S/C15H8N6O4S/c1-16-13-14(17-2)19-15(18-13)21-20-12-10-5-4-9(26(23,24)25)7-8(10)3-6-11(12)22/h3-7,22H,(H,18,19)(H,23,24,25). The maximum atomic E-state index is 11.2. The average Bonchev–Trinajstić information content (AvgIpc) is 3.02. The molecule has 3 N–H and O–H groups in total. The van der Waals surface area contributed by atoms with E-state index < -0.39 is 10.1 Å². The molecule has 1 aromatic heterocycles. The van der Waals surface area contributed by atoms with E-state index in [1.54, 1.807) is 0 Å². The van der Waals surface area contributed by atoms with Crippen molar-refractivity contribution in [2.75, 3.05) is 0 Å². The number of hydrogen-bond donors (Lipinski definition) is 3. The van der Waals surface area contributed by atoms with Crippen molar-refractivity contribution in [3.8, 4) is 5.75 Å². The Bertz CT molecular complexity index is 1220. The average molecular weight is 368 g/mol. The molecule has 0 bridgehead atoms. The number of azo groups is 1. The first-order valence-corrected chi connectivity index (χ1v) is 8.27. The SMILES string of the molecule is [C-]#[N+]c1nc(N=Nc2c(O)ccc3cc(S(=O)(=O)O)ccc23)[nH]c1[N+]#[C-]. The predicted octanol–water partition coefficient (Wildman–Crippen LogP) is 4.03. The molecule has 0 fully saturated rings. The lowest BCUT2D eigenvalue weighted by Crippen LogP contribution is -1.97. The van der Waals surface area contributed by atoms with Gasteiger partial charge in [0.05, 0.1) is 4.90 Å². The maximum absolute atomic E-state index is 11.2. The highest BCUT2D eigenvalue weighted by Crippen LogP contribution is 2.37. The lowest BCUT2D eigenvalue weighted by atomic mass is 10.1. The number of H-pyrrole nitrogens is 1. The summed E-state index contributed by atoms with van der Waals surface area (Å²) in [6.45, 7) is 13.9. The molecule has 10 nitrogen and oxygen atoms in total. The van der Waals surface area contributed by atoms with E-state index in [0.717, 1.165) is 6.07 Å². The van der Waals surface area contributed by atoms with Gasteiger partial charge in [-0.3, -0.25) is 9.54 Å². The topological polar surface area (TPSA) is 137 Å². The normalized spacial score (nSPS) is 11.5. The van der Waals surface area contributed by atoms with Crippen molar-refractivity contribution in [1.82, 2.24) is 9.97 Å². The molecule has 26 heavy (non-hydrogen) atoms. The lowest BCUT2D eigenvalue weighted by molar-refractivity contribution is 0.477. The molecule has 0 aliphatic rings. The molecule has 2 aromatic carbocycles. The van der Waals surface area contributed by atoms with Gasteiger partial charge >= 0.3 is 5.95 Å². The first-order valence-electron chi connectivity index (χ1n) is 6.83. The van der Waals surface area contributed by atoms with Gasteiger partial charge in [0.2, 0.25) is 0 Å². The van der Waals surface area contributed by atoms with Crippen molar-refractivity contribution in [2.45, 2.75) is 4.90 Å². The Labute approximate surface area is 146 Å². The molecule has 0 saturated heterocycles. The van der Waals surface area contributed by atoms with Gasteiger partial charge in [0.25, 0.3) is 21.8 Å². The zero-order chi connectivity index (χ0) is 18.9. The number of benzene rings is 2. The molecule has 0 spiro atoms. The summed E-state index contributed by atoms with van der Waals surface area (Å²) in [7, 11) is -4.37. The van der Waals surface area contributed by atoms with Crippen LogP contribution in [0.2, 0.25) is 0 Å².